The molecule has 1 aliphatic heterocycles. The first-order chi connectivity index (χ1) is 14.2. The Morgan fingerprint density at radius 2 is 1.83 bits per heavy atom. The van der Waals surface area contributed by atoms with Crippen LogP contribution in [0.1, 0.15) is 18.6 Å². The Balaban J connectivity index is 1.22. The van der Waals surface area contributed by atoms with Crippen molar-refractivity contribution in [2.75, 3.05) is 19.7 Å². The number of benzene rings is 2. The summed E-state index contributed by atoms with van der Waals surface area (Å²) < 4.78 is 10.9. The van der Waals surface area contributed by atoms with Crippen molar-refractivity contribution in [2.45, 2.75) is 19.4 Å². The van der Waals surface area contributed by atoms with Crippen LogP contribution >= 0.6 is 0 Å². The molecule has 2 heterocycles. The molecule has 2 amide bonds. The van der Waals surface area contributed by atoms with Gasteiger partial charge in [-0.3, -0.25) is 9.59 Å². The minimum absolute atomic E-state index is 0.00764. The SMILES string of the molecule is O=C(NCc1ccco1)C1CCN(C(=O)COc2ccc3ccccc3c2)CC1. The van der Waals surface area contributed by atoms with Gasteiger partial charge >= 0.3 is 0 Å². The second-order valence-corrected chi connectivity index (χ2v) is 7.25. The molecule has 6 nitrogen and oxygen atoms in total. The van der Waals surface area contributed by atoms with E-state index in [4.69, 9.17) is 9.15 Å². The maximum absolute atomic E-state index is 12.5. The molecule has 1 aromatic heterocycles. The van der Waals surface area contributed by atoms with Crippen molar-refractivity contribution in [3.63, 3.8) is 0 Å². The predicted octanol–water partition coefficient (Wildman–Crippen LogP) is 3.37. The molecule has 0 unspecified atom stereocenters. The molecule has 1 N–H and O–H groups in total. The van der Waals surface area contributed by atoms with Crippen molar-refractivity contribution in [1.82, 2.24) is 10.2 Å². The van der Waals surface area contributed by atoms with Gasteiger partial charge in [-0.25, -0.2) is 0 Å². The van der Waals surface area contributed by atoms with E-state index in [1.165, 1.54) is 0 Å². The monoisotopic (exact) mass is 392 g/mol. The van der Waals surface area contributed by atoms with Crippen LogP contribution in [0.5, 0.6) is 5.75 Å². The lowest BCUT2D eigenvalue weighted by Crippen LogP contribution is -2.44. The first-order valence-corrected chi connectivity index (χ1v) is 9.88. The van der Waals surface area contributed by atoms with Gasteiger partial charge in [0.2, 0.25) is 5.91 Å². The number of hydrogen-bond donors (Lipinski definition) is 1. The van der Waals surface area contributed by atoms with Gasteiger partial charge in [0.1, 0.15) is 11.5 Å². The fourth-order valence-corrected chi connectivity index (χ4v) is 3.62. The van der Waals surface area contributed by atoms with Crippen LogP contribution in [0.4, 0.5) is 0 Å². The number of piperidine rings is 1. The number of fused-ring (bicyclic) bond motifs is 1. The van der Waals surface area contributed by atoms with Crippen LogP contribution in [-0.4, -0.2) is 36.4 Å². The number of amides is 2. The van der Waals surface area contributed by atoms with Gasteiger partial charge < -0.3 is 19.4 Å². The average Bonchev–Trinajstić information content (AvgIpc) is 3.29. The molecule has 3 aromatic rings. The highest BCUT2D eigenvalue weighted by Crippen LogP contribution is 2.21. The fourth-order valence-electron chi connectivity index (χ4n) is 3.62. The molecule has 0 aliphatic carbocycles. The maximum Gasteiger partial charge on any atom is 0.260 e. The number of nitrogens with zero attached hydrogens (tertiary/aromatic N) is 1. The normalized spacial score (nSPS) is 14.7. The van der Waals surface area contributed by atoms with E-state index >= 15 is 0 Å². The molecule has 1 saturated heterocycles. The molecule has 0 bridgehead atoms. The van der Waals surface area contributed by atoms with E-state index in [0.29, 0.717) is 38.2 Å². The second-order valence-electron chi connectivity index (χ2n) is 7.25. The molecule has 2 aromatic carbocycles. The summed E-state index contributed by atoms with van der Waals surface area (Å²) in [5, 5.41) is 5.12. The van der Waals surface area contributed by atoms with E-state index in [2.05, 4.69) is 5.32 Å². The third-order valence-corrected chi connectivity index (χ3v) is 5.32. The zero-order valence-electron chi connectivity index (χ0n) is 16.2. The summed E-state index contributed by atoms with van der Waals surface area (Å²) in [6, 6.07) is 17.5. The van der Waals surface area contributed by atoms with Crippen LogP contribution in [0.2, 0.25) is 0 Å². The minimum Gasteiger partial charge on any atom is -0.484 e. The molecule has 0 spiro atoms. The number of ether oxygens (including phenoxy) is 1. The molecule has 6 heteroatoms. The third-order valence-electron chi connectivity index (χ3n) is 5.32. The van der Waals surface area contributed by atoms with E-state index in [0.717, 1.165) is 16.5 Å². The number of furan rings is 1. The van der Waals surface area contributed by atoms with Gasteiger partial charge in [-0.1, -0.05) is 30.3 Å². The standard InChI is InChI=1S/C23H24N2O4/c26-22(16-29-20-8-7-17-4-1-2-5-19(17)14-20)25-11-9-18(10-12-25)23(27)24-15-21-6-3-13-28-21/h1-8,13-14,18H,9-12,15-16H2,(H,24,27). The van der Waals surface area contributed by atoms with Gasteiger partial charge in [-0.05, 0) is 47.9 Å². The lowest BCUT2D eigenvalue weighted by molar-refractivity contribution is -0.137. The van der Waals surface area contributed by atoms with E-state index < -0.39 is 0 Å². The van der Waals surface area contributed by atoms with Crippen LogP contribution in [0, 0.1) is 5.92 Å². The molecule has 1 aliphatic rings. The van der Waals surface area contributed by atoms with E-state index in [-0.39, 0.29) is 24.3 Å². The van der Waals surface area contributed by atoms with Gasteiger partial charge in [0.25, 0.3) is 5.91 Å². The number of nitrogens with one attached hydrogen (secondary N) is 1. The largest absolute Gasteiger partial charge is 0.484 e. The molecular weight excluding hydrogens is 368 g/mol. The molecule has 0 atom stereocenters. The molecule has 0 radical (unpaired) electrons. The Hall–Kier alpha value is -3.28. The minimum atomic E-state index is -0.0737. The van der Waals surface area contributed by atoms with Crippen molar-refractivity contribution in [3.8, 4) is 5.75 Å². The van der Waals surface area contributed by atoms with Crippen LogP contribution in [-0.2, 0) is 16.1 Å². The Bertz CT molecular complexity index is 975. The fraction of sp³-hybridized carbons (Fsp3) is 0.304. The Morgan fingerprint density at radius 3 is 2.59 bits per heavy atom. The zero-order valence-corrected chi connectivity index (χ0v) is 16.2. The number of hydrogen-bond acceptors (Lipinski definition) is 4. The van der Waals surface area contributed by atoms with E-state index in [1.54, 1.807) is 17.2 Å². The second kappa shape index (κ2) is 8.82. The maximum atomic E-state index is 12.5. The Labute approximate surface area is 169 Å². The molecule has 4 rings (SSSR count). The van der Waals surface area contributed by atoms with Crippen molar-refractivity contribution in [2.24, 2.45) is 5.92 Å². The smallest absolute Gasteiger partial charge is 0.260 e. The molecule has 0 saturated carbocycles. The van der Waals surface area contributed by atoms with Gasteiger partial charge in [-0.15, -0.1) is 0 Å². The summed E-state index contributed by atoms with van der Waals surface area (Å²) in [7, 11) is 0. The van der Waals surface area contributed by atoms with Crippen LogP contribution < -0.4 is 10.1 Å². The summed E-state index contributed by atoms with van der Waals surface area (Å²) in [6.45, 7) is 1.54. The average molecular weight is 392 g/mol. The predicted molar refractivity (Wildman–Crippen MR) is 109 cm³/mol. The van der Waals surface area contributed by atoms with Gasteiger partial charge in [-0.2, -0.15) is 0 Å². The van der Waals surface area contributed by atoms with Crippen molar-refractivity contribution in [3.05, 3.63) is 66.6 Å². The number of rotatable bonds is 6. The lowest BCUT2D eigenvalue weighted by atomic mass is 9.96. The highest BCUT2D eigenvalue weighted by molar-refractivity contribution is 5.84. The molecule has 150 valence electrons. The lowest BCUT2D eigenvalue weighted by Gasteiger charge is -2.31. The number of carbonyl (C=O) groups is 2. The molecular formula is C23H24N2O4. The highest BCUT2D eigenvalue weighted by Gasteiger charge is 2.27. The molecule has 29 heavy (non-hydrogen) atoms. The summed E-state index contributed by atoms with van der Waals surface area (Å²) in [6.07, 6.45) is 2.91. The summed E-state index contributed by atoms with van der Waals surface area (Å²) in [5.41, 5.74) is 0. The Morgan fingerprint density at radius 1 is 1.03 bits per heavy atom. The topological polar surface area (TPSA) is 71.8 Å². The first-order valence-electron chi connectivity index (χ1n) is 9.88. The highest BCUT2D eigenvalue weighted by atomic mass is 16.5. The van der Waals surface area contributed by atoms with Crippen molar-refractivity contribution in [1.29, 1.82) is 0 Å². The van der Waals surface area contributed by atoms with Gasteiger partial charge in [0.05, 0.1) is 12.8 Å². The Kier molecular flexibility index (Phi) is 5.79. The van der Waals surface area contributed by atoms with Crippen LogP contribution in [0.3, 0.4) is 0 Å². The number of carbonyl (C=O) groups excluding carboxylic acids is 2. The quantitative estimate of drug-likeness (QED) is 0.698. The van der Waals surface area contributed by atoms with Crippen LogP contribution in [0.15, 0.2) is 65.3 Å². The van der Waals surface area contributed by atoms with Crippen molar-refractivity contribution < 1.29 is 18.7 Å². The van der Waals surface area contributed by atoms with E-state index in [1.807, 2.05) is 48.5 Å². The molecule has 1 fully saturated rings. The summed E-state index contributed by atoms with van der Waals surface area (Å²) in [5.74, 6) is 1.31. The number of likely N-dealkylation sites (tertiary alicyclic amines) is 1. The zero-order chi connectivity index (χ0) is 20.1. The van der Waals surface area contributed by atoms with Gasteiger partial charge in [0.15, 0.2) is 6.61 Å². The third kappa shape index (κ3) is 4.77. The summed E-state index contributed by atoms with van der Waals surface area (Å²) >= 11 is 0. The van der Waals surface area contributed by atoms with Crippen LogP contribution in [0.25, 0.3) is 10.8 Å². The summed E-state index contributed by atoms with van der Waals surface area (Å²) in [4.78, 5) is 26.6. The van der Waals surface area contributed by atoms with Crippen molar-refractivity contribution >= 4 is 22.6 Å². The first kappa shape index (κ1) is 19.1. The van der Waals surface area contributed by atoms with E-state index in [9.17, 15) is 9.59 Å². The van der Waals surface area contributed by atoms with Gasteiger partial charge in [0, 0.05) is 19.0 Å².